The molecule has 0 unspecified atom stereocenters. The van der Waals surface area contributed by atoms with E-state index in [2.05, 4.69) is 21.2 Å². The molecular weight excluding hydrogens is 336 g/mol. The molecule has 1 amide bonds. The number of nitrogens with two attached hydrogens (primary N) is 1. The van der Waals surface area contributed by atoms with Gasteiger partial charge in [-0.3, -0.25) is 4.79 Å². The van der Waals surface area contributed by atoms with Crippen LogP contribution in [-0.2, 0) is 0 Å². The molecule has 0 bridgehead atoms. The minimum Gasteiger partial charge on any atom is -0.478 e. The van der Waals surface area contributed by atoms with Crippen molar-refractivity contribution in [1.82, 2.24) is 0 Å². The minimum absolute atomic E-state index is 0.0127. The number of carbonyl (C=O) groups excluding carboxylic acids is 1. The van der Waals surface area contributed by atoms with Crippen LogP contribution in [0.1, 0.15) is 26.3 Å². The number of nitrogen functional groups attached to an aromatic ring is 1. The van der Waals surface area contributed by atoms with Crippen LogP contribution in [0.25, 0.3) is 0 Å². The van der Waals surface area contributed by atoms with Crippen molar-refractivity contribution in [2.45, 2.75) is 6.92 Å². The number of nitrogens with one attached hydrogen (secondary N) is 1. The number of carboxylic acids is 1. The molecule has 108 valence electrons. The highest BCUT2D eigenvalue weighted by atomic mass is 79.9. The third kappa shape index (κ3) is 3.41. The second-order valence-corrected chi connectivity index (χ2v) is 5.40. The van der Waals surface area contributed by atoms with Crippen molar-refractivity contribution < 1.29 is 14.7 Å². The fourth-order valence-electron chi connectivity index (χ4n) is 1.85. The summed E-state index contributed by atoms with van der Waals surface area (Å²) in [5.41, 5.74) is 7.52. The van der Waals surface area contributed by atoms with Crippen LogP contribution in [0.5, 0.6) is 0 Å². The molecule has 2 aromatic rings. The Bertz CT molecular complexity index is 729. The molecule has 0 heterocycles. The molecule has 4 N–H and O–H groups in total. The van der Waals surface area contributed by atoms with Crippen molar-refractivity contribution in [1.29, 1.82) is 0 Å². The lowest BCUT2D eigenvalue weighted by Gasteiger charge is -2.11. The van der Waals surface area contributed by atoms with Gasteiger partial charge >= 0.3 is 5.97 Å². The van der Waals surface area contributed by atoms with Crippen LogP contribution in [0.2, 0.25) is 0 Å². The Balaban J connectivity index is 2.38. The van der Waals surface area contributed by atoms with E-state index in [9.17, 15) is 9.59 Å². The van der Waals surface area contributed by atoms with E-state index >= 15 is 0 Å². The first kappa shape index (κ1) is 15.1. The highest BCUT2D eigenvalue weighted by Crippen LogP contribution is 2.23. The number of amides is 1. The van der Waals surface area contributed by atoms with Crippen LogP contribution >= 0.6 is 15.9 Å². The second kappa shape index (κ2) is 5.97. The van der Waals surface area contributed by atoms with Gasteiger partial charge in [0.05, 0.1) is 16.8 Å². The Morgan fingerprint density at radius 2 is 1.86 bits per heavy atom. The Kier molecular flexibility index (Phi) is 4.28. The molecule has 0 radical (unpaired) electrons. The molecule has 0 spiro atoms. The average Bonchev–Trinajstić information content (AvgIpc) is 2.41. The summed E-state index contributed by atoms with van der Waals surface area (Å²) in [6.45, 7) is 1.87. The van der Waals surface area contributed by atoms with Gasteiger partial charge in [-0.1, -0.05) is 11.6 Å². The van der Waals surface area contributed by atoms with E-state index in [1.165, 1.54) is 18.2 Å². The first-order valence-corrected chi connectivity index (χ1v) is 6.88. The molecule has 0 aliphatic rings. The molecule has 2 rings (SSSR count). The summed E-state index contributed by atoms with van der Waals surface area (Å²) in [7, 11) is 0. The molecule has 0 aliphatic carbocycles. The maximum Gasteiger partial charge on any atom is 0.337 e. The summed E-state index contributed by atoms with van der Waals surface area (Å²) in [4.78, 5) is 23.5. The van der Waals surface area contributed by atoms with Gasteiger partial charge in [-0.25, -0.2) is 4.79 Å². The standard InChI is InChI=1S/C15H13BrN2O3/c1-8-2-5-12(16)11(6-8)14(19)18-13-7-9(17)3-4-10(13)15(20)21/h2-7H,17H2,1H3,(H,18,19)(H,20,21). The molecule has 2 aromatic carbocycles. The molecule has 0 fully saturated rings. The molecular formula is C15H13BrN2O3. The van der Waals surface area contributed by atoms with Gasteiger partial charge in [0.15, 0.2) is 0 Å². The number of hydrogen-bond acceptors (Lipinski definition) is 3. The van der Waals surface area contributed by atoms with Gasteiger partial charge in [-0.2, -0.15) is 0 Å². The lowest BCUT2D eigenvalue weighted by Crippen LogP contribution is -2.15. The van der Waals surface area contributed by atoms with Crippen LogP contribution in [0.15, 0.2) is 40.9 Å². The highest BCUT2D eigenvalue weighted by molar-refractivity contribution is 9.10. The summed E-state index contributed by atoms with van der Waals surface area (Å²) < 4.78 is 0.631. The molecule has 0 saturated heterocycles. The number of halogens is 1. The Labute approximate surface area is 129 Å². The minimum atomic E-state index is -1.13. The summed E-state index contributed by atoms with van der Waals surface area (Å²) in [6, 6.07) is 9.60. The van der Waals surface area contributed by atoms with E-state index in [4.69, 9.17) is 10.8 Å². The van der Waals surface area contributed by atoms with E-state index < -0.39 is 11.9 Å². The summed E-state index contributed by atoms with van der Waals surface area (Å²) >= 11 is 3.30. The van der Waals surface area contributed by atoms with Gasteiger partial charge in [-0.05, 0) is 53.2 Å². The number of aromatic carboxylic acids is 1. The molecule has 6 heteroatoms. The summed E-state index contributed by atoms with van der Waals surface area (Å²) in [6.07, 6.45) is 0. The summed E-state index contributed by atoms with van der Waals surface area (Å²) in [5, 5.41) is 11.7. The third-order valence-corrected chi connectivity index (χ3v) is 3.58. The van der Waals surface area contributed by atoms with E-state index in [-0.39, 0.29) is 11.3 Å². The Hall–Kier alpha value is -2.34. The second-order valence-electron chi connectivity index (χ2n) is 4.55. The van der Waals surface area contributed by atoms with Crippen molar-refractivity contribution in [2.75, 3.05) is 11.1 Å². The lowest BCUT2D eigenvalue weighted by atomic mass is 10.1. The number of hydrogen-bond donors (Lipinski definition) is 3. The number of carbonyl (C=O) groups is 2. The highest BCUT2D eigenvalue weighted by Gasteiger charge is 2.15. The molecule has 0 saturated carbocycles. The van der Waals surface area contributed by atoms with Crippen molar-refractivity contribution in [3.05, 3.63) is 57.6 Å². The normalized spacial score (nSPS) is 10.2. The molecule has 0 aliphatic heterocycles. The van der Waals surface area contributed by atoms with Crippen LogP contribution in [-0.4, -0.2) is 17.0 Å². The van der Waals surface area contributed by atoms with E-state index in [1.54, 1.807) is 12.1 Å². The summed E-state index contributed by atoms with van der Waals surface area (Å²) in [5.74, 6) is -1.53. The maximum absolute atomic E-state index is 12.3. The zero-order valence-electron chi connectivity index (χ0n) is 11.2. The van der Waals surface area contributed by atoms with Gasteiger partial charge < -0.3 is 16.2 Å². The quantitative estimate of drug-likeness (QED) is 0.742. The number of benzene rings is 2. The molecule has 21 heavy (non-hydrogen) atoms. The zero-order chi connectivity index (χ0) is 15.6. The van der Waals surface area contributed by atoms with E-state index in [0.29, 0.717) is 15.7 Å². The maximum atomic E-state index is 12.3. The first-order valence-electron chi connectivity index (χ1n) is 6.09. The number of anilines is 2. The van der Waals surface area contributed by atoms with Gasteiger partial charge in [0, 0.05) is 10.2 Å². The molecule has 0 atom stereocenters. The van der Waals surface area contributed by atoms with Crippen LogP contribution < -0.4 is 11.1 Å². The van der Waals surface area contributed by atoms with Crippen molar-refractivity contribution in [3.63, 3.8) is 0 Å². The van der Waals surface area contributed by atoms with Crippen molar-refractivity contribution in [2.24, 2.45) is 0 Å². The van der Waals surface area contributed by atoms with Crippen molar-refractivity contribution >= 4 is 39.2 Å². The SMILES string of the molecule is Cc1ccc(Br)c(C(=O)Nc2cc(N)ccc2C(=O)O)c1. The molecule has 5 nitrogen and oxygen atoms in total. The fourth-order valence-corrected chi connectivity index (χ4v) is 2.28. The predicted octanol–water partition coefficient (Wildman–Crippen LogP) is 3.29. The fraction of sp³-hybridized carbons (Fsp3) is 0.0667. The predicted molar refractivity (Wildman–Crippen MR) is 84.6 cm³/mol. The largest absolute Gasteiger partial charge is 0.478 e. The van der Waals surface area contributed by atoms with Crippen LogP contribution in [0.3, 0.4) is 0 Å². The number of rotatable bonds is 3. The first-order chi connectivity index (χ1) is 9.88. The zero-order valence-corrected chi connectivity index (χ0v) is 12.8. The Morgan fingerprint density at radius 3 is 2.52 bits per heavy atom. The Morgan fingerprint density at radius 1 is 1.14 bits per heavy atom. The van der Waals surface area contributed by atoms with E-state index in [0.717, 1.165) is 5.56 Å². The lowest BCUT2D eigenvalue weighted by molar-refractivity contribution is 0.0698. The average molecular weight is 349 g/mol. The van der Waals surface area contributed by atoms with Gasteiger partial charge in [0.2, 0.25) is 0 Å². The van der Waals surface area contributed by atoms with Crippen molar-refractivity contribution in [3.8, 4) is 0 Å². The smallest absolute Gasteiger partial charge is 0.337 e. The van der Waals surface area contributed by atoms with Crippen LogP contribution in [0.4, 0.5) is 11.4 Å². The molecule has 0 aromatic heterocycles. The van der Waals surface area contributed by atoms with Gasteiger partial charge in [0.25, 0.3) is 5.91 Å². The van der Waals surface area contributed by atoms with Gasteiger partial charge in [0.1, 0.15) is 0 Å². The number of carboxylic acid groups (broad SMARTS) is 1. The van der Waals surface area contributed by atoms with Crippen LogP contribution in [0, 0.1) is 6.92 Å². The van der Waals surface area contributed by atoms with Gasteiger partial charge in [-0.15, -0.1) is 0 Å². The monoisotopic (exact) mass is 348 g/mol. The van der Waals surface area contributed by atoms with E-state index in [1.807, 2.05) is 13.0 Å². The number of aryl methyl sites for hydroxylation is 1. The third-order valence-electron chi connectivity index (χ3n) is 2.89. The topological polar surface area (TPSA) is 92.4 Å².